The summed E-state index contributed by atoms with van der Waals surface area (Å²) in [5.74, 6) is 0. The number of methoxy groups -OCH3 is 1. The van der Waals surface area contributed by atoms with Gasteiger partial charge in [0.1, 0.15) is 0 Å². The van der Waals surface area contributed by atoms with E-state index in [-0.39, 0.29) is 6.10 Å². The van der Waals surface area contributed by atoms with Crippen molar-refractivity contribution in [2.24, 2.45) is 4.99 Å². The molecular formula is C6H11NOS. The van der Waals surface area contributed by atoms with Gasteiger partial charge in [0.15, 0.2) is 0 Å². The molecule has 0 N–H and O–H groups in total. The average Bonchev–Trinajstić information content (AvgIpc) is 1.91. The predicted octanol–water partition coefficient (Wildman–Crippen LogP) is 1.51. The molecule has 0 amide bonds. The zero-order valence-electron chi connectivity index (χ0n) is 5.76. The SMILES string of the molecule is CCC(CN=C=S)OC. The van der Waals surface area contributed by atoms with E-state index in [2.05, 4.69) is 22.4 Å². The summed E-state index contributed by atoms with van der Waals surface area (Å²) in [5.41, 5.74) is 0. The molecule has 0 aromatic rings. The number of thiocarbonyl (C=S) groups is 1. The first kappa shape index (κ1) is 8.76. The highest BCUT2D eigenvalue weighted by atomic mass is 32.1. The van der Waals surface area contributed by atoms with Gasteiger partial charge in [-0.05, 0) is 18.6 Å². The van der Waals surface area contributed by atoms with Crippen molar-refractivity contribution in [1.82, 2.24) is 0 Å². The van der Waals surface area contributed by atoms with E-state index in [1.807, 2.05) is 6.92 Å². The van der Waals surface area contributed by atoms with Gasteiger partial charge in [0.2, 0.25) is 0 Å². The Balaban J connectivity index is 3.42. The molecule has 1 unspecified atom stereocenters. The first-order valence-electron chi connectivity index (χ1n) is 2.91. The maximum Gasteiger partial charge on any atom is 0.0771 e. The van der Waals surface area contributed by atoms with Gasteiger partial charge in [0.25, 0.3) is 0 Å². The number of hydrogen-bond donors (Lipinski definition) is 0. The van der Waals surface area contributed by atoms with Crippen molar-refractivity contribution in [2.75, 3.05) is 13.7 Å². The van der Waals surface area contributed by atoms with E-state index in [9.17, 15) is 0 Å². The van der Waals surface area contributed by atoms with Crippen LogP contribution in [0, 0.1) is 0 Å². The fourth-order valence-electron chi connectivity index (χ4n) is 0.509. The lowest BCUT2D eigenvalue weighted by Crippen LogP contribution is -2.12. The van der Waals surface area contributed by atoms with Crippen LogP contribution in [0.15, 0.2) is 4.99 Å². The van der Waals surface area contributed by atoms with Crippen LogP contribution < -0.4 is 0 Å². The van der Waals surface area contributed by atoms with Crippen LogP contribution in [0.3, 0.4) is 0 Å². The van der Waals surface area contributed by atoms with Crippen LogP contribution in [0.4, 0.5) is 0 Å². The molecule has 0 rings (SSSR count). The van der Waals surface area contributed by atoms with Crippen molar-refractivity contribution in [2.45, 2.75) is 19.4 Å². The van der Waals surface area contributed by atoms with Crippen LogP contribution in [-0.4, -0.2) is 24.9 Å². The van der Waals surface area contributed by atoms with Gasteiger partial charge >= 0.3 is 0 Å². The van der Waals surface area contributed by atoms with Gasteiger partial charge in [-0.2, -0.15) is 0 Å². The fraction of sp³-hybridized carbons (Fsp3) is 0.833. The number of isothiocyanates is 1. The standard InChI is InChI=1S/C6H11NOS/c1-3-6(8-2)4-7-5-9/h6H,3-4H2,1-2H3. The van der Waals surface area contributed by atoms with Crippen LogP contribution in [0.5, 0.6) is 0 Å². The van der Waals surface area contributed by atoms with Gasteiger partial charge in [0, 0.05) is 7.11 Å². The average molecular weight is 145 g/mol. The smallest absolute Gasteiger partial charge is 0.0771 e. The summed E-state index contributed by atoms with van der Waals surface area (Å²) in [6.07, 6.45) is 1.18. The molecule has 0 spiro atoms. The Morgan fingerprint density at radius 2 is 2.44 bits per heavy atom. The van der Waals surface area contributed by atoms with Gasteiger partial charge in [-0.15, -0.1) is 0 Å². The van der Waals surface area contributed by atoms with Crippen LogP contribution in [-0.2, 0) is 4.74 Å². The van der Waals surface area contributed by atoms with Crippen molar-refractivity contribution in [3.63, 3.8) is 0 Å². The molecule has 1 atom stereocenters. The van der Waals surface area contributed by atoms with Crippen molar-refractivity contribution >= 4 is 17.4 Å². The molecule has 0 aliphatic heterocycles. The van der Waals surface area contributed by atoms with Gasteiger partial charge < -0.3 is 4.74 Å². The zero-order valence-corrected chi connectivity index (χ0v) is 6.57. The summed E-state index contributed by atoms with van der Waals surface area (Å²) in [4.78, 5) is 3.75. The summed E-state index contributed by atoms with van der Waals surface area (Å²) in [7, 11) is 1.67. The molecule has 0 heterocycles. The second-order valence-electron chi connectivity index (χ2n) is 1.70. The lowest BCUT2D eigenvalue weighted by Gasteiger charge is -2.06. The Kier molecular flexibility index (Phi) is 5.73. The van der Waals surface area contributed by atoms with E-state index >= 15 is 0 Å². The van der Waals surface area contributed by atoms with Gasteiger partial charge in [-0.25, -0.2) is 4.99 Å². The summed E-state index contributed by atoms with van der Waals surface area (Å²) in [6, 6.07) is 0. The van der Waals surface area contributed by atoms with E-state index < -0.39 is 0 Å². The molecule has 0 aromatic heterocycles. The molecule has 0 saturated carbocycles. The summed E-state index contributed by atoms with van der Waals surface area (Å²) >= 11 is 4.39. The van der Waals surface area contributed by atoms with E-state index in [0.29, 0.717) is 6.54 Å². The molecule has 0 bridgehead atoms. The van der Waals surface area contributed by atoms with E-state index in [0.717, 1.165) is 6.42 Å². The van der Waals surface area contributed by atoms with Gasteiger partial charge in [-0.1, -0.05) is 6.92 Å². The first-order valence-corrected chi connectivity index (χ1v) is 3.32. The molecular weight excluding hydrogens is 134 g/mol. The number of ether oxygens (including phenoxy) is 1. The normalized spacial score (nSPS) is 12.2. The number of nitrogens with zero attached hydrogens (tertiary/aromatic N) is 1. The maximum atomic E-state index is 5.02. The molecule has 0 aliphatic rings. The second-order valence-corrected chi connectivity index (χ2v) is 1.88. The lowest BCUT2D eigenvalue weighted by atomic mass is 10.3. The van der Waals surface area contributed by atoms with Crippen molar-refractivity contribution in [1.29, 1.82) is 0 Å². The Bertz CT molecular complexity index is 106. The minimum atomic E-state index is 0.209. The van der Waals surface area contributed by atoms with E-state index in [4.69, 9.17) is 4.74 Å². The molecule has 52 valence electrons. The monoisotopic (exact) mass is 145 g/mol. The molecule has 0 fully saturated rings. The van der Waals surface area contributed by atoms with E-state index in [1.165, 1.54) is 0 Å². The predicted molar refractivity (Wildman–Crippen MR) is 41.0 cm³/mol. The second kappa shape index (κ2) is 5.89. The van der Waals surface area contributed by atoms with E-state index in [1.54, 1.807) is 7.11 Å². The summed E-state index contributed by atoms with van der Waals surface area (Å²) < 4.78 is 5.02. The number of rotatable bonds is 4. The number of hydrogen-bond acceptors (Lipinski definition) is 3. The van der Waals surface area contributed by atoms with Crippen molar-refractivity contribution in [3.8, 4) is 0 Å². The highest BCUT2D eigenvalue weighted by molar-refractivity contribution is 7.78. The third-order valence-corrected chi connectivity index (χ3v) is 1.28. The third kappa shape index (κ3) is 4.28. The fourth-order valence-corrected chi connectivity index (χ4v) is 0.584. The summed E-state index contributed by atoms with van der Waals surface area (Å²) in [5, 5.41) is 2.30. The minimum absolute atomic E-state index is 0.209. The Morgan fingerprint density at radius 3 is 2.78 bits per heavy atom. The highest BCUT2D eigenvalue weighted by Gasteiger charge is 1.99. The van der Waals surface area contributed by atoms with Crippen LogP contribution >= 0.6 is 12.2 Å². The molecule has 0 aromatic carbocycles. The largest absolute Gasteiger partial charge is 0.380 e. The first-order chi connectivity index (χ1) is 4.35. The van der Waals surface area contributed by atoms with Crippen molar-refractivity contribution in [3.05, 3.63) is 0 Å². The molecule has 9 heavy (non-hydrogen) atoms. The Morgan fingerprint density at radius 1 is 1.78 bits per heavy atom. The van der Waals surface area contributed by atoms with Crippen LogP contribution in [0.2, 0.25) is 0 Å². The number of aliphatic imine (C=N–C) groups is 1. The zero-order chi connectivity index (χ0) is 7.11. The summed E-state index contributed by atoms with van der Waals surface area (Å²) in [6.45, 7) is 2.68. The molecule has 2 nitrogen and oxygen atoms in total. The minimum Gasteiger partial charge on any atom is -0.380 e. The Hall–Kier alpha value is -0.240. The molecule has 3 heteroatoms. The Labute approximate surface area is 60.9 Å². The van der Waals surface area contributed by atoms with Crippen LogP contribution in [0.25, 0.3) is 0 Å². The topological polar surface area (TPSA) is 21.6 Å². The third-order valence-electron chi connectivity index (χ3n) is 1.15. The quantitative estimate of drug-likeness (QED) is 0.442. The highest BCUT2D eigenvalue weighted by Crippen LogP contribution is 1.94. The maximum absolute atomic E-state index is 5.02. The van der Waals surface area contributed by atoms with Crippen molar-refractivity contribution < 1.29 is 4.74 Å². The lowest BCUT2D eigenvalue weighted by molar-refractivity contribution is 0.107. The molecule has 0 aliphatic carbocycles. The van der Waals surface area contributed by atoms with Crippen LogP contribution in [0.1, 0.15) is 13.3 Å². The van der Waals surface area contributed by atoms with Gasteiger partial charge in [-0.3, -0.25) is 0 Å². The molecule has 0 radical (unpaired) electrons. The van der Waals surface area contributed by atoms with Gasteiger partial charge in [0.05, 0.1) is 17.8 Å². The molecule has 0 saturated heterocycles.